The van der Waals surface area contributed by atoms with Gasteiger partial charge in [0.1, 0.15) is 5.82 Å². The van der Waals surface area contributed by atoms with Gasteiger partial charge < -0.3 is 20.2 Å². The predicted octanol–water partition coefficient (Wildman–Crippen LogP) is 3.72. The molecular weight excluding hydrogens is 528 g/mol. The molecule has 1 atom stereocenters. The zero-order valence-electron chi connectivity index (χ0n) is 20.9. The number of alkyl halides is 3. The van der Waals surface area contributed by atoms with Crippen molar-refractivity contribution < 1.29 is 32.3 Å². The number of benzene rings is 2. The van der Waals surface area contributed by atoms with Crippen molar-refractivity contribution in [1.29, 1.82) is 0 Å². The molecule has 1 unspecified atom stereocenters. The maximum absolute atomic E-state index is 13.9. The number of hydrogen-bond donors (Lipinski definition) is 2. The summed E-state index contributed by atoms with van der Waals surface area (Å²) in [6.45, 7) is 1.54. The standard InChI is InChI=1S/C26H29ClF4N4O3/c1-33(2)23(36)21-8-7-18(13-22(21)27)32-19-14-35(15-19)20-9-11-34(12-10-20)24(37)25(38,26(29,30)31)16-3-5-17(28)6-4-16/h3-8,13,19-20,32,38H,9-12,14-15H2,1-2H3. The monoisotopic (exact) mass is 556 g/mol. The Morgan fingerprint density at radius 1 is 1.05 bits per heavy atom. The van der Waals surface area contributed by atoms with Crippen LogP contribution in [0.1, 0.15) is 28.8 Å². The van der Waals surface area contributed by atoms with Crippen LogP contribution in [0, 0.1) is 5.82 Å². The third-order valence-corrected chi connectivity index (χ3v) is 7.45. The number of carbonyl (C=O) groups is 2. The summed E-state index contributed by atoms with van der Waals surface area (Å²) in [5, 5.41) is 14.3. The Labute approximate surface area is 222 Å². The van der Waals surface area contributed by atoms with E-state index in [4.69, 9.17) is 11.6 Å². The molecule has 2 aliphatic rings. The molecular formula is C26H29ClF4N4O3. The van der Waals surface area contributed by atoms with E-state index in [0.29, 0.717) is 36.5 Å². The van der Waals surface area contributed by atoms with Gasteiger partial charge in [-0.05, 0) is 43.2 Å². The van der Waals surface area contributed by atoms with Crippen molar-refractivity contribution in [2.24, 2.45) is 0 Å². The normalized spacial score (nSPS) is 19.0. The highest BCUT2D eigenvalue weighted by Gasteiger charge is 2.62. The first-order chi connectivity index (χ1) is 17.8. The lowest BCUT2D eigenvalue weighted by Crippen LogP contribution is -2.62. The average Bonchev–Trinajstić information content (AvgIpc) is 2.84. The Morgan fingerprint density at radius 3 is 2.18 bits per heavy atom. The zero-order chi connectivity index (χ0) is 27.8. The van der Waals surface area contributed by atoms with E-state index in [0.717, 1.165) is 34.9 Å². The van der Waals surface area contributed by atoms with Crippen molar-refractivity contribution in [3.63, 3.8) is 0 Å². The Hall–Kier alpha value is -2.89. The van der Waals surface area contributed by atoms with Crippen molar-refractivity contribution in [1.82, 2.24) is 14.7 Å². The molecule has 0 spiro atoms. The van der Waals surface area contributed by atoms with E-state index in [1.54, 1.807) is 32.3 Å². The number of halogens is 5. The SMILES string of the molecule is CN(C)C(=O)c1ccc(NC2CN(C3CCN(C(=O)C(O)(c4ccc(F)cc4)C(F)(F)F)CC3)C2)cc1Cl. The van der Waals surface area contributed by atoms with Crippen molar-refractivity contribution in [3.05, 3.63) is 64.4 Å². The van der Waals surface area contributed by atoms with Gasteiger partial charge in [0.05, 0.1) is 16.6 Å². The molecule has 206 valence electrons. The second-order valence-electron chi connectivity index (χ2n) is 9.93. The largest absolute Gasteiger partial charge is 0.430 e. The van der Waals surface area contributed by atoms with Gasteiger partial charge in [-0.15, -0.1) is 0 Å². The summed E-state index contributed by atoms with van der Waals surface area (Å²) in [7, 11) is 3.30. The summed E-state index contributed by atoms with van der Waals surface area (Å²) in [5.41, 5.74) is -3.26. The third-order valence-electron chi connectivity index (χ3n) is 7.14. The van der Waals surface area contributed by atoms with Crippen molar-refractivity contribution in [2.75, 3.05) is 45.6 Å². The smallest absolute Gasteiger partial charge is 0.380 e. The molecule has 0 saturated carbocycles. The minimum Gasteiger partial charge on any atom is -0.380 e. The van der Waals surface area contributed by atoms with Gasteiger partial charge in [0, 0.05) is 57.6 Å². The van der Waals surface area contributed by atoms with Crippen molar-refractivity contribution in [2.45, 2.75) is 36.7 Å². The van der Waals surface area contributed by atoms with Gasteiger partial charge in [0.25, 0.3) is 17.4 Å². The Balaban J connectivity index is 1.31. The molecule has 0 aliphatic carbocycles. The number of nitrogens with zero attached hydrogens (tertiary/aromatic N) is 3. The Morgan fingerprint density at radius 2 is 1.66 bits per heavy atom. The number of anilines is 1. The van der Waals surface area contributed by atoms with Gasteiger partial charge in [-0.3, -0.25) is 14.5 Å². The quantitative estimate of drug-likeness (QED) is 0.531. The van der Waals surface area contributed by atoms with Crippen LogP contribution in [0.15, 0.2) is 42.5 Å². The second-order valence-corrected chi connectivity index (χ2v) is 10.3. The summed E-state index contributed by atoms with van der Waals surface area (Å²) in [6.07, 6.45) is -4.35. The van der Waals surface area contributed by atoms with E-state index in [1.165, 1.54) is 4.90 Å². The van der Waals surface area contributed by atoms with E-state index in [9.17, 15) is 32.3 Å². The van der Waals surface area contributed by atoms with E-state index in [1.807, 2.05) is 0 Å². The fourth-order valence-electron chi connectivity index (χ4n) is 4.92. The van der Waals surface area contributed by atoms with Crippen molar-refractivity contribution >= 4 is 29.1 Å². The lowest BCUT2D eigenvalue weighted by atomic mass is 9.89. The van der Waals surface area contributed by atoms with E-state index in [2.05, 4.69) is 10.2 Å². The van der Waals surface area contributed by atoms with E-state index in [-0.39, 0.29) is 31.1 Å². The highest BCUT2D eigenvalue weighted by Crippen LogP contribution is 2.41. The zero-order valence-corrected chi connectivity index (χ0v) is 21.7. The molecule has 38 heavy (non-hydrogen) atoms. The number of aliphatic hydroxyl groups is 1. The van der Waals surface area contributed by atoms with Gasteiger partial charge in [-0.1, -0.05) is 23.7 Å². The Bertz CT molecular complexity index is 1180. The number of likely N-dealkylation sites (tertiary alicyclic amines) is 2. The number of rotatable bonds is 6. The fourth-order valence-corrected chi connectivity index (χ4v) is 5.18. The molecule has 7 nitrogen and oxygen atoms in total. The first kappa shape index (κ1) is 28.1. The van der Waals surface area contributed by atoms with Crippen LogP contribution in [0.3, 0.4) is 0 Å². The first-order valence-electron chi connectivity index (χ1n) is 12.2. The maximum atomic E-state index is 13.9. The minimum atomic E-state index is -5.27. The Kier molecular flexibility index (Phi) is 7.92. The summed E-state index contributed by atoms with van der Waals surface area (Å²) >= 11 is 6.27. The van der Waals surface area contributed by atoms with Crippen LogP contribution < -0.4 is 5.32 Å². The molecule has 12 heteroatoms. The molecule has 2 amide bonds. The highest BCUT2D eigenvalue weighted by atomic mass is 35.5. The molecule has 4 rings (SSSR count). The van der Waals surface area contributed by atoms with Gasteiger partial charge in [-0.25, -0.2) is 4.39 Å². The van der Waals surface area contributed by atoms with Crippen LogP contribution in [0.5, 0.6) is 0 Å². The predicted molar refractivity (Wildman–Crippen MR) is 134 cm³/mol. The highest BCUT2D eigenvalue weighted by molar-refractivity contribution is 6.34. The molecule has 2 aromatic carbocycles. The van der Waals surface area contributed by atoms with Crippen LogP contribution in [-0.2, 0) is 10.4 Å². The van der Waals surface area contributed by atoms with Gasteiger partial charge in [0.2, 0.25) is 0 Å². The molecule has 0 radical (unpaired) electrons. The number of amides is 2. The molecule has 2 heterocycles. The molecule has 2 saturated heterocycles. The number of hydrogen-bond acceptors (Lipinski definition) is 5. The summed E-state index contributed by atoms with van der Waals surface area (Å²) < 4.78 is 54.9. The molecule has 2 aliphatic heterocycles. The third kappa shape index (κ3) is 5.45. The molecule has 0 bridgehead atoms. The van der Waals surface area contributed by atoms with Crippen LogP contribution in [-0.4, -0.2) is 90.2 Å². The van der Waals surface area contributed by atoms with E-state index < -0.39 is 29.1 Å². The molecule has 0 aromatic heterocycles. The maximum Gasteiger partial charge on any atom is 0.430 e. The lowest BCUT2D eigenvalue weighted by Gasteiger charge is -2.48. The number of carbonyl (C=O) groups excluding carboxylic acids is 2. The number of piperidine rings is 1. The first-order valence-corrected chi connectivity index (χ1v) is 12.6. The molecule has 2 aromatic rings. The summed E-state index contributed by atoms with van der Waals surface area (Å²) in [5.74, 6) is -2.41. The van der Waals surface area contributed by atoms with E-state index >= 15 is 0 Å². The van der Waals surface area contributed by atoms with Gasteiger partial charge in [0.15, 0.2) is 0 Å². The van der Waals surface area contributed by atoms with Crippen molar-refractivity contribution in [3.8, 4) is 0 Å². The minimum absolute atomic E-state index is 0.0641. The summed E-state index contributed by atoms with van der Waals surface area (Å²) in [6, 6.07) is 8.51. The van der Waals surface area contributed by atoms with Crippen LogP contribution in [0.4, 0.5) is 23.2 Å². The fraction of sp³-hybridized carbons (Fsp3) is 0.462. The van der Waals surface area contributed by atoms with Crippen LogP contribution in [0.25, 0.3) is 0 Å². The topological polar surface area (TPSA) is 76.1 Å². The second kappa shape index (κ2) is 10.7. The lowest BCUT2D eigenvalue weighted by molar-refractivity contribution is -0.262. The van der Waals surface area contributed by atoms with Gasteiger partial charge >= 0.3 is 6.18 Å². The summed E-state index contributed by atoms with van der Waals surface area (Å²) in [4.78, 5) is 29.7. The van der Waals surface area contributed by atoms with Gasteiger partial charge in [-0.2, -0.15) is 13.2 Å². The molecule has 2 N–H and O–H groups in total. The van der Waals surface area contributed by atoms with Crippen LogP contribution >= 0.6 is 11.6 Å². The number of nitrogens with one attached hydrogen (secondary N) is 1. The van der Waals surface area contributed by atoms with Crippen LogP contribution in [0.2, 0.25) is 5.02 Å². The average molecular weight is 557 g/mol. The molecule has 2 fully saturated rings.